The minimum absolute atomic E-state index is 0.104. The van der Waals surface area contributed by atoms with E-state index in [0.717, 1.165) is 11.4 Å². The Morgan fingerprint density at radius 3 is 2.14 bits per heavy atom. The number of H-pyrrole nitrogens is 1. The Kier molecular flexibility index (Phi) is 4.67. The van der Waals surface area contributed by atoms with Crippen LogP contribution in [0, 0.1) is 0 Å². The molecule has 138 valence electrons. The Labute approximate surface area is 160 Å². The van der Waals surface area contributed by atoms with Gasteiger partial charge in [-0.25, -0.2) is 9.67 Å². The van der Waals surface area contributed by atoms with E-state index in [1.807, 2.05) is 60.7 Å². The minimum atomic E-state index is -0.575. The van der Waals surface area contributed by atoms with E-state index in [0.29, 0.717) is 0 Å². The summed E-state index contributed by atoms with van der Waals surface area (Å²) in [7, 11) is 0. The number of amides is 1. The largest absolute Gasteiger partial charge is 0.290 e. The first-order valence-electron chi connectivity index (χ1n) is 8.53. The molecule has 8 heteroatoms. The van der Waals surface area contributed by atoms with Crippen LogP contribution < -0.4 is 16.0 Å². The average molecular weight is 372 g/mol. The van der Waals surface area contributed by atoms with Crippen molar-refractivity contribution in [1.29, 1.82) is 0 Å². The van der Waals surface area contributed by atoms with Gasteiger partial charge in [-0.15, -0.1) is 0 Å². The minimum Gasteiger partial charge on any atom is -0.290 e. The lowest BCUT2D eigenvalue weighted by molar-refractivity contribution is 0.0952. The van der Waals surface area contributed by atoms with Crippen LogP contribution in [0.5, 0.6) is 0 Å². The highest BCUT2D eigenvalue weighted by atomic mass is 16.2. The predicted octanol–water partition coefficient (Wildman–Crippen LogP) is 2.44. The van der Waals surface area contributed by atoms with Gasteiger partial charge in [-0.05, 0) is 30.3 Å². The van der Waals surface area contributed by atoms with Crippen molar-refractivity contribution >= 4 is 17.3 Å². The van der Waals surface area contributed by atoms with Gasteiger partial charge in [0.1, 0.15) is 5.56 Å². The Balaban J connectivity index is 1.64. The smallest absolute Gasteiger partial charge is 0.277 e. The number of rotatable bonds is 5. The highest BCUT2D eigenvalue weighted by Crippen LogP contribution is 2.22. The van der Waals surface area contributed by atoms with Crippen LogP contribution in [0.15, 0.2) is 90.1 Å². The number of benzene rings is 2. The van der Waals surface area contributed by atoms with Crippen LogP contribution in [-0.2, 0) is 0 Å². The first kappa shape index (κ1) is 17.2. The molecule has 4 aromatic rings. The Hall–Kier alpha value is -4.20. The lowest BCUT2D eigenvalue weighted by atomic mass is 10.2. The SMILES string of the molecule is O=C(NN(c1ccccc1)c1ccccc1)c1cnc(-n2cccn2)[nH]c1=O. The number of nitrogens with zero attached hydrogens (tertiary/aromatic N) is 4. The lowest BCUT2D eigenvalue weighted by Crippen LogP contribution is -2.41. The van der Waals surface area contributed by atoms with Gasteiger partial charge in [-0.3, -0.25) is 25.0 Å². The van der Waals surface area contributed by atoms with Gasteiger partial charge in [0.2, 0.25) is 5.95 Å². The monoisotopic (exact) mass is 372 g/mol. The standard InChI is InChI=1S/C20H16N6O2/c27-18-17(14-21-20(23-18)25-13-7-12-22-25)19(28)24-26(15-8-3-1-4-9-15)16-10-5-2-6-11-16/h1-14H,(H,24,28)(H,21,23,27). The first-order valence-corrected chi connectivity index (χ1v) is 8.53. The van der Waals surface area contributed by atoms with E-state index < -0.39 is 11.5 Å². The number of hydrogen-bond donors (Lipinski definition) is 2. The third-order valence-electron chi connectivity index (χ3n) is 3.99. The normalized spacial score (nSPS) is 10.4. The molecular formula is C20H16N6O2. The molecule has 2 aromatic carbocycles. The van der Waals surface area contributed by atoms with E-state index in [1.54, 1.807) is 23.5 Å². The van der Waals surface area contributed by atoms with Crippen molar-refractivity contribution in [3.8, 4) is 5.95 Å². The predicted molar refractivity (Wildman–Crippen MR) is 104 cm³/mol. The summed E-state index contributed by atoms with van der Waals surface area (Å²) in [5.41, 5.74) is 3.61. The lowest BCUT2D eigenvalue weighted by Gasteiger charge is -2.25. The van der Waals surface area contributed by atoms with Gasteiger partial charge in [0.15, 0.2) is 0 Å². The highest BCUT2D eigenvalue weighted by molar-refractivity contribution is 5.95. The molecule has 0 bridgehead atoms. The number of carbonyl (C=O) groups is 1. The molecule has 0 atom stereocenters. The fraction of sp³-hybridized carbons (Fsp3) is 0. The zero-order valence-electron chi connectivity index (χ0n) is 14.7. The Morgan fingerprint density at radius 1 is 0.964 bits per heavy atom. The number of carbonyl (C=O) groups excluding carboxylic acids is 1. The molecule has 0 aliphatic carbocycles. The van der Waals surface area contributed by atoms with Crippen molar-refractivity contribution in [2.24, 2.45) is 0 Å². The first-order chi connectivity index (χ1) is 13.7. The van der Waals surface area contributed by atoms with Gasteiger partial charge in [-0.2, -0.15) is 5.10 Å². The molecule has 4 rings (SSSR count). The van der Waals surface area contributed by atoms with E-state index in [1.165, 1.54) is 10.9 Å². The van der Waals surface area contributed by atoms with Crippen molar-refractivity contribution < 1.29 is 4.79 Å². The maximum absolute atomic E-state index is 12.8. The fourth-order valence-corrected chi connectivity index (χ4v) is 2.65. The summed E-state index contributed by atoms with van der Waals surface area (Å²) in [6, 6.07) is 20.4. The van der Waals surface area contributed by atoms with Gasteiger partial charge >= 0.3 is 0 Å². The second kappa shape index (κ2) is 7.58. The summed E-state index contributed by atoms with van der Waals surface area (Å²) in [6.45, 7) is 0. The number of aromatic nitrogens is 4. The van der Waals surface area contributed by atoms with Crippen molar-refractivity contribution in [2.45, 2.75) is 0 Å². The van der Waals surface area contributed by atoms with E-state index in [9.17, 15) is 9.59 Å². The van der Waals surface area contributed by atoms with Crippen molar-refractivity contribution in [1.82, 2.24) is 25.2 Å². The number of nitrogens with one attached hydrogen (secondary N) is 2. The van der Waals surface area contributed by atoms with Crippen LogP contribution in [0.3, 0.4) is 0 Å². The van der Waals surface area contributed by atoms with Gasteiger partial charge in [-0.1, -0.05) is 36.4 Å². The van der Waals surface area contributed by atoms with E-state index in [4.69, 9.17) is 0 Å². The third kappa shape index (κ3) is 3.51. The zero-order valence-corrected chi connectivity index (χ0v) is 14.7. The summed E-state index contributed by atoms with van der Waals surface area (Å²) in [5, 5.41) is 5.62. The van der Waals surface area contributed by atoms with Crippen LogP contribution in [0.1, 0.15) is 10.4 Å². The second-order valence-corrected chi connectivity index (χ2v) is 5.85. The molecule has 0 radical (unpaired) electrons. The number of aromatic amines is 1. The van der Waals surface area contributed by atoms with Crippen molar-refractivity contribution in [3.63, 3.8) is 0 Å². The van der Waals surface area contributed by atoms with Gasteiger partial charge in [0, 0.05) is 18.6 Å². The van der Waals surface area contributed by atoms with Crippen molar-refractivity contribution in [3.05, 3.63) is 101 Å². The molecule has 0 unspecified atom stereocenters. The fourth-order valence-electron chi connectivity index (χ4n) is 2.65. The maximum atomic E-state index is 12.8. The summed E-state index contributed by atoms with van der Waals surface area (Å²) in [6.07, 6.45) is 4.45. The molecule has 1 amide bonds. The van der Waals surface area contributed by atoms with Crippen LogP contribution >= 0.6 is 0 Å². The summed E-state index contributed by atoms with van der Waals surface area (Å²) in [5.74, 6) is -0.344. The molecular weight excluding hydrogens is 356 g/mol. The molecule has 2 aromatic heterocycles. The number of anilines is 2. The van der Waals surface area contributed by atoms with Crippen LogP contribution in [0.25, 0.3) is 5.95 Å². The number of hydrazine groups is 1. The summed E-state index contributed by atoms with van der Waals surface area (Å²) < 4.78 is 1.41. The maximum Gasteiger partial charge on any atom is 0.277 e. The van der Waals surface area contributed by atoms with Crippen molar-refractivity contribution in [2.75, 3.05) is 5.01 Å². The number of para-hydroxylation sites is 2. The number of hydrogen-bond acceptors (Lipinski definition) is 5. The molecule has 2 N–H and O–H groups in total. The molecule has 8 nitrogen and oxygen atoms in total. The third-order valence-corrected chi connectivity index (χ3v) is 3.99. The Bertz CT molecular complexity index is 1080. The molecule has 2 heterocycles. The van der Waals surface area contributed by atoms with Gasteiger partial charge in [0.05, 0.1) is 11.4 Å². The van der Waals surface area contributed by atoms with E-state index in [2.05, 4.69) is 20.5 Å². The average Bonchev–Trinajstić information content (AvgIpc) is 3.28. The molecule has 28 heavy (non-hydrogen) atoms. The molecule has 0 spiro atoms. The van der Waals surface area contributed by atoms with Crippen LogP contribution in [-0.4, -0.2) is 25.7 Å². The summed E-state index contributed by atoms with van der Waals surface area (Å²) in [4.78, 5) is 31.9. The molecule has 0 aliphatic rings. The Morgan fingerprint density at radius 2 is 1.61 bits per heavy atom. The zero-order chi connectivity index (χ0) is 19.3. The molecule has 0 fully saturated rings. The van der Waals surface area contributed by atoms with Gasteiger partial charge < -0.3 is 0 Å². The van der Waals surface area contributed by atoms with Crippen LogP contribution in [0.4, 0.5) is 11.4 Å². The topological polar surface area (TPSA) is 95.9 Å². The molecule has 0 saturated heterocycles. The molecule has 0 aliphatic heterocycles. The van der Waals surface area contributed by atoms with E-state index in [-0.39, 0.29) is 11.5 Å². The molecule has 0 saturated carbocycles. The van der Waals surface area contributed by atoms with Gasteiger partial charge in [0.25, 0.3) is 11.5 Å². The van der Waals surface area contributed by atoms with E-state index >= 15 is 0 Å². The quantitative estimate of drug-likeness (QED) is 0.525. The highest BCUT2D eigenvalue weighted by Gasteiger charge is 2.17. The second-order valence-electron chi connectivity index (χ2n) is 5.85. The summed E-state index contributed by atoms with van der Waals surface area (Å²) >= 11 is 0. The van der Waals surface area contributed by atoms with Crippen LogP contribution in [0.2, 0.25) is 0 Å².